The van der Waals surface area contributed by atoms with Crippen molar-refractivity contribution >= 4 is 49.6 Å². The van der Waals surface area contributed by atoms with E-state index in [4.69, 9.17) is 0 Å². The number of aryl methyl sites for hydroxylation is 3. The van der Waals surface area contributed by atoms with E-state index in [9.17, 15) is 0 Å². The topological polar surface area (TPSA) is 8.17 Å². The molecule has 0 saturated carbocycles. The molecule has 0 saturated heterocycles. The Hall–Kier alpha value is -6.38. The molecule has 0 atom stereocenters. The Morgan fingerprint density at radius 2 is 1.07 bits per heavy atom. The van der Waals surface area contributed by atoms with Crippen molar-refractivity contribution in [3.8, 4) is 27.9 Å². The summed E-state index contributed by atoms with van der Waals surface area (Å²) >= 11 is 0. The van der Waals surface area contributed by atoms with E-state index in [1.54, 1.807) is 0 Å². The van der Waals surface area contributed by atoms with E-state index >= 15 is 0 Å². The number of nitrogens with zero attached hydrogens (tertiary/aromatic N) is 2. The van der Waals surface area contributed by atoms with Crippen LogP contribution in [0, 0.1) is 20.8 Å². The van der Waals surface area contributed by atoms with Crippen molar-refractivity contribution in [2.24, 2.45) is 0 Å². The van der Waals surface area contributed by atoms with Gasteiger partial charge in [0.1, 0.15) is 0 Å². The summed E-state index contributed by atoms with van der Waals surface area (Å²) in [5.41, 5.74) is 18.6. The summed E-state index contributed by atoms with van der Waals surface area (Å²) in [7, 11) is 0. The molecule has 1 aromatic heterocycles. The van der Waals surface area contributed by atoms with Crippen molar-refractivity contribution < 1.29 is 0 Å². The second-order valence-corrected chi connectivity index (χ2v) is 15.7. The molecule has 1 aliphatic rings. The molecule has 0 N–H and O–H groups in total. The molecule has 2 heteroatoms. The van der Waals surface area contributed by atoms with E-state index in [2.05, 4.69) is 208 Å². The minimum atomic E-state index is -0.236. The largest absolute Gasteiger partial charge is 0.310 e. The molecule has 260 valence electrons. The normalized spacial score (nSPS) is 13.1. The fourth-order valence-electron chi connectivity index (χ4n) is 9.19. The molecule has 0 unspecified atom stereocenters. The highest BCUT2D eigenvalue weighted by Crippen LogP contribution is 2.54. The molecule has 1 heterocycles. The van der Waals surface area contributed by atoms with E-state index in [0.29, 0.717) is 0 Å². The zero-order valence-electron chi connectivity index (χ0n) is 31.5. The third kappa shape index (κ3) is 4.94. The number of fused-ring (bicyclic) bond motifs is 8. The molecule has 0 radical (unpaired) electrons. The summed E-state index contributed by atoms with van der Waals surface area (Å²) in [4.78, 5) is 2.41. The molecule has 1 aliphatic carbocycles. The lowest BCUT2D eigenvalue weighted by Gasteiger charge is -2.28. The lowest BCUT2D eigenvalue weighted by atomic mass is 9.81. The summed E-state index contributed by atoms with van der Waals surface area (Å²) in [6.07, 6.45) is 0. The zero-order valence-corrected chi connectivity index (χ0v) is 31.5. The predicted molar refractivity (Wildman–Crippen MR) is 230 cm³/mol. The highest BCUT2D eigenvalue weighted by molar-refractivity contribution is 6.13. The monoisotopic (exact) mass is 694 g/mol. The molecule has 2 nitrogen and oxygen atoms in total. The van der Waals surface area contributed by atoms with Crippen LogP contribution in [-0.2, 0) is 5.41 Å². The molecule has 0 fully saturated rings. The van der Waals surface area contributed by atoms with Crippen molar-refractivity contribution in [1.29, 1.82) is 0 Å². The first-order chi connectivity index (χ1) is 26.3. The van der Waals surface area contributed by atoms with Crippen LogP contribution < -0.4 is 4.90 Å². The number of aromatic nitrogens is 1. The van der Waals surface area contributed by atoms with Crippen molar-refractivity contribution in [2.45, 2.75) is 40.0 Å². The van der Waals surface area contributed by atoms with Crippen LogP contribution >= 0.6 is 0 Å². The van der Waals surface area contributed by atoms with Gasteiger partial charge in [0, 0.05) is 38.6 Å². The molecule has 10 rings (SSSR count). The number of benzene rings is 8. The lowest BCUT2D eigenvalue weighted by Crippen LogP contribution is -2.17. The Labute approximate surface area is 317 Å². The van der Waals surface area contributed by atoms with Gasteiger partial charge in [0.15, 0.2) is 0 Å². The molecular weight excluding hydrogens is 653 g/mol. The molecule has 9 aromatic rings. The smallest absolute Gasteiger partial charge is 0.0544 e. The first-order valence-corrected chi connectivity index (χ1v) is 19.0. The van der Waals surface area contributed by atoms with Gasteiger partial charge in [-0.2, -0.15) is 0 Å². The van der Waals surface area contributed by atoms with Crippen LogP contribution in [0.3, 0.4) is 0 Å². The van der Waals surface area contributed by atoms with Crippen LogP contribution in [0.1, 0.15) is 41.7 Å². The van der Waals surface area contributed by atoms with Crippen molar-refractivity contribution in [1.82, 2.24) is 4.57 Å². The third-order valence-corrected chi connectivity index (χ3v) is 11.6. The quantitative estimate of drug-likeness (QED) is 0.174. The van der Waals surface area contributed by atoms with Crippen LogP contribution in [0.25, 0.3) is 60.5 Å². The van der Waals surface area contributed by atoms with Crippen LogP contribution in [-0.4, -0.2) is 4.57 Å². The van der Waals surface area contributed by atoms with Gasteiger partial charge in [-0.1, -0.05) is 116 Å². The highest BCUT2D eigenvalue weighted by Gasteiger charge is 2.38. The number of hydrogen-bond donors (Lipinski definition) is 0. The minimum absolute atomic E-state index is 0.236. The Kier molecular flexibility index (Phi) is 7.22. The van der Waals surface area contributed by atoms with E-state index in [0.717, 1.165) is 5.69 Å². The second kappa shape index (κ2) is 12.1. The average molecular weight is 695 g/mol. The standard InChI is InChI=1S/C52H42N2/c1-33-20-24-48-44(29-33)45-30-37(36-14-8-6-9-15-36)21-25-49(45)54(48)50-32-47-51(42-19-13-12-18-41(42)50)43-23-22-39(31-46(43)52(47,4)5)53(38-16-10-7-11-17-38)40-27-34(2)26-35(3)28-40/h6-32H,1-5H3. The van der Waals surface area contributed by atoms with Crippen molar-refractivity contribution in [2.75, 3.05) is 4.90 Å². The number of rotatable bonds is 5. The first kappa shape index (κ1) is 32.3. The Bertz CT molecular complexity index is 2910. The van der Waals surface area contributed by atoms with Gasteiger partial charge in [-0.15, -0.1) is 0 Å². The van der Waals surface area contributed by atoms with Crippen molar-refractivity contribution in [3.05, 3.63) is 192 Å². The van der Waals surface area contributed by atoms with Crippen LogP contribution in [0.4, 0.5) is 17.1 Å². The van der Waals surface area contributed by atoms with E-state index < -0.39 is 0 Å². The van der Waals surface area contributed by atoms with Gasteiger partial charge in [-0.3, -0.25) is 0 Å². The maximum Gasteiger partial charge on any atom is 0.0544 e. The second-order valence-electron chi connectivity index (χ2n) is 15.7. The summed E-state index contributed by atoms with van der Waals surface area (Å²) in [5, 5.41) is 5.12. The Morgan fingerprint density at radius 3 is 1.81 bits per heavy atom. The minimum Gasteiger partial charge on any atom is -0.310 e. The van der Waals surface area contributed by atoms with Gasteiger partial charge in [-0.05, 0) is 137 Å². The molecule has 0 amide bonds. The fourth-order valence-corrected chi connectivity index (χ4v) is 9.19. The van der Waals surface area contributed by atoms with Crippen LogP contribution in [0.15, 0.2) is 164 Å². The summed E-state index contributed by atoms with van der Waals surface area (Å²) in [5.74, 6) is 0. The molecule has 0 bridgehead atoms. The molecule has 54 heavy (non-hydrogen) atoms. The number of hydrogen-bond acceptors (Lipinski definition) is 1. The Balaban J connectivity index is 1.20. The van der Waals surface area contributed by atoms with Gasteiger partial charge in [0.25, 0.3) is 0 Å². The van der Waals surface area contributed by atoms with E-state index in [1.807, 2.05) is 0 Å². The molecular formula is C52H42N2. The summed E-state index contributed by atoms with van der Waals surface area (Å²) in [6.45, 7) is 11.4. The van der Waals surface area contributed by atoms with Crippen LogP contribution in [0.2, 0.25) is 0 Å². The van der Waals surface area contributed by atoms with Crippen LogP contribution in [0.5, 0.6) is 0 Å². The zero-order chi connectivity index (χ0) is 36.7. The van der Waals surface area contributed by atoms with E-state index in [-0.39, 0.29) is 5.41 Å². The molecule has 8 aromatic carbocycles. The first-order valence-electron chi connectivity index (χ1n) is 19.0. The van der Waals surface area contributed by atoms with Gasteiger partial charge < -0.3 is 9.47 Å². The summed E-state index contributed by atoms with van der Waals surface area (Å²) < 4.78 is 2.52. The third-order valence-electron chi connectivity index (χ3n) is 11.6. The maximum atomic E-state index is 2.52. The van der Waals surface area contributed by atoms with Gasteiger partial charge in [0.2, 0.25) is 0 Å². The van der Waals surface area contributed by atoms with Gasteiger partial charge in [0.05, 0.1) is 16.7 Å². The number of para-hydroxylation sites is 1. The number of anilines is 3. The van der Waals surface area contributed by atoms with Gasteiger partial charge >= 0.3 is 0 Å². The van der Waals surface area contributed by atoms with Crippen molar-refractivity contribution in [3.63, 3.8) is 0 Å². The molecule has 0 spiro atoms. The fraction of sp³-hybridized carbons (Fsp3) is 0.115. The predicted octanol–water partition coefficient (Wildman–Crippen LogP) is 14.3. The van der Waals surface area contributed by atoms with E-state index in [1.165, 1.54) is 99.7 Å². The maximum absolute atomic E-state index is 2.52. The highest BCUT2D eigenvalue weighted by atomic mass is 15.1. The Morgan fingerprint density at radius 1 is 0.426 bits per heavy atom. The molecule has 0 aliphatic heterocycles. The summed E-state index contributed by atoms with van der Waals surface area (Å²) in [6, 6.07) is 60.9. The lowest BCUT2D eigenvalue weighted by molar-refractivity contribution is 0.660. The SMILES string of the molecule is Cc1cc(C)cc(N(c2ccccc2)c2ccc3c(c2)C(C)(C)c2cc(-n4c5ccc(C)cc5c5cc(-c6ccccc6)ccc54)c4ccccc4c2-3)c1. The average Bonchev–Trinajstić information content (AvgIpc) is 3.62. The van der Waals surface area contributed by atoms with Gasteiger partial charge in [-0.25, -0.2) is 0 Å².